The minimum absolute atomic E-state index is 0.0530. The molecule has 9 heteroatoms. The number of halogens is 1. The molecule has 0 radical (unpaired) electrons. The highest BCUT2D eigenvalue weighted by molar-refractivity contribution is 6.23. The van der Waals surface area contributed by atoms with E-state index in [0.29, 0.717) is 5.76 Å². The van der Waals surface area contributed by atoms with Crippen LogP contribution in [0.15, 0.2) is 71.3 Å². The van der Waals surface area contributed by atoms with Gasteiger partial charge in [-0.15, -0.1) is 0 Å². The highest BCUT2D eigenvalue weighted by atomic mass is 19.1. The van der Waals surface area contributed by atoms with Crippen LogP contribution in [0.1, 0.15) is 39.8 Å². The molecule has 1 fully saturated rings. The number of imide groups is 1. The Balaban J connectivity index is 1.61. The number of hydrogen-bond donors (Lipinski definition) is 0. The minimum atomic E-state index is -1.08. The van der Waals surface area contributed by atoms with E-state index in [1.54, 1.807) is 19.1 Å². The Morgan fingerprint density at radius 1 is 1.06 bits per heavy atom. The van der Waals surface area contributed by atoms with Gasteiger partial charge in [0.1, 0.15) is 17.6 Å². The standard InChI is InChI=1S/C25H21FN2O6/c1-2-33-25(32)17-7-11-19(12-8-17)28-22(29)14-21(24(28)31)27(15-20-4-3-13-34-20)23(30)16-5-9-18(26)10-6-16/h3-13,21H,2,14-15H2,1H3. The third kappa shape index (κ3) is 4.59. The first-order valence-corrected chi connectivity index (χ1v) is 10.6. The van der Waals surface area contributed by atoms with Crippen LogP contribution >= 0.6 is 0 Å². The average Bonchev–Trinajstić information content (AvgIpc) is 3.45. The third-order valence-corrected chi connectivity index (χ3v) is 5.39. The van der Waals surface area contributed by atoms with Crippen LogP contribution in [-0.2, 0) is 20.9 Å². The van der Waals surface area contributed by atoms with Crippen molar-refractivity contribution in [2.75, 3.05) is 11.5 Å². The van der Waals surface area contributed by atoms with Gasteiger partial charge in [0.25, 0.3) is 11.8 Å². The second kappa shape index (κ2) is 9.70. The van der Waals surface area contributed by atoms with E-state index >= 15 is 0 Å². The van der Waals surface area contributed by atoms with Gasteiger partial charge in [0.2, 0.25) is 5.91 Å². The predicted molar refractivity (Wildman–Crippen MR) is 118 cm³/mol. The van der Waals surface area contributed by atoms with Crippen LogP contribution in [0, 0.1) is 5.82 Å². The number of esters is 1. The number of hydrogen-bond acceptors (Lipinski definition) is 6. The Labute approximate surface area is 194 Å². The molecular formula is C25H21FN2O6. The Bertz CT molecular complexity index is 1210. The molecule has 4 rings (SSSR count). The summed E-state index contributed by atoms with van der Waals surface area (Å²) in [6, 6.07) is 13.0. The largest absolute Gasteiger partial charge is 0.467 e. The number of anilines is 1. The van der Waals surface area contributed by atoms with Gasteiger partial charge in [0.15, 0.2) is 0 Å². The Kier molecular flexibility index (Phi) is 6.53. The van der Waals surface area contributed by atoms with Crippen molar-refractivity contribution >= 4 is 29.4 Å². The average molecular weight is 464 g/mol. The first-order valence-electron chi connectivity index (χ1n) is 10.6. The van der Waals surface area contributed by atoms with Crippen LogP contribution in [-0.4, -0.2) is 41.2 Å². The zero-order valence-corrected chi connectivity index (χ0v) is 18.3. The molecule has 3 amide bonds. The molecule has 0 bridgehead atoms. The Morgan fingerprint density at radius 3 is 2.35 bits per heavy atom. The van der Waals surface area contributed by atoms with E-state index in [1.165, 1.54) is 47.6 Å². The van der Waals surface area contributed by atoms with Crippen LogP contribution in [0.5, 0.6) is 0 Å². The first kappa shape index (κ1) is 22.9. The van der Waals surface area contributed by atoms with E-state index in [-0.39, 0.29) is 36.4 Å². The van der Waals surface area contributed by atoms with Crippen molar-refractivity contribution < 1.29 is 32.7 Å². The SMILES string of the molecule is CCOC(=O)c1ccc(N2C(=O)CC(N(Cc3ccco3)C(=O)c3ccc(F)cc3)C2=O)cc1. The summed E-state index contributed by atoms with van der Waals surface area (Å²) in [5.74, 6) is -2.21. The molecule has 0 N–H and O–H groups in total. The maximum absolute atomic E-state index is 13.4. The Morgan fingerprint density at radius 2 is 1.74 bits per heavy atom. The van der Waals surface area contributed by atoms with Crippen molar-refractivity contribution in [2.24, 2.45) is 0 Å². The Hall–Kier alpha value is -4.27. The maximum Gasteiger partial charge on any atom is 0.338 e. The summed E-state index contributed by atoms with van der Waals surface area (Å²) < 4.78 is 23.7. The van der Waals surface area contributed by atoms with Crippen molar-refractivity contribution in [2.45, 2.75) is 25.9 Å². The predicted octanol–water partition coefficient (Wildman–Crippen LogP) is 3.57. The molecule has 34 heavy (non-hydrogen) atoms. The van der Waals surface area contributed by atoms with Crippen molar-refractivity contribution in [3.8, 4) is 0 Å². The lowest BCUT2D eigenvalue weighted by molar-refractivity contribution is -0.122. The smallest absolute Gasteiger partial charge is 0.338 e. The maximum atomic E-state index is 13.4. The number of carbonyl (C=O) groups excluding carboxylic acids is 4. The number of carbonyl (C=O) groups is 4. The van der Waals surface area contributed by atoms with Crippen LogP contribution in [0.2, 0.25) is 0 Å². The van der Waals surface area contributed by atoms with Gasteiger partial charge >= 0.3 is 5.97 Å². The first-order chi connectivity index (χ1) is 16.4. The molecule has 0 spiro atoms. The van der Waals surface area contributed by atoms with Gasteiger partial charge in [-0.3, -0.25) is 14.4 Å². The summed E-state index contributed by atoms with van der Waals surface area (Å²) in [7, 11) is 0. The summed E-state index contributed by atoms with van der Waals surface area (Å²) in [6.45, 7) is 1.86. The van der Waals surface area contributed by atoms with Gasteiger partial charge in [-0.05, 0) is 67.6 Å². The molecule has 1 unspecified atom stereocenters. The van der Waals surface area contributed by atoms with Crippen LogP contribution in [0.3, 0.4) is 0 Å². The lowest BCUT2D eigenvalue weighted by Gasteiger charge is -2.27. The molecular weight excluding hydrogens is 443 g/mol. The van der Waals surface area contributed by atoms with Crippen LogP contribution < -0.4 is 4.90 Å². The molecule has 0 saturated carbocycles. The van der Waals surface area contributed by atoms with Gasteiger partial charge < -0.3 is 14.1 Å². The zero-order chi connectivity index (χ0) is 24.2. The normalized spacial score (nSPS) is 15.5. The number of amides is 3. The van der Waals surface area contributed by atoms with Crippen molar-refractivity contribution in [3.05, 3.63) is 89.6 Å². The van der Waals surface area contributed by atoms with Crippen molar-refractivity contribution in [1.29, 1.82) is 0 Å². The van der Waals surface area contributed by atoms with E-state index < -0.39 is 35.5 Å². The summed E-state index contributed by atoms with van der Waals surface area (Å²) >= 11 is 0. The minimum Gasteiger partial charge on any atom is -0.467 e. The van der Waals surface area contributed by atoms with E-state index in [2.05, 4.69) is 0 Å². The highest BCUT2D eigenvalue weighted by Gasteiger charge is 2.44. The number of nitrogens with zero attached hydrogens (tertiary/aromatic N) is 2. The highest BCUT2D eigenvalue weighted by Crippen LogP contribution is 2.28. The number of benzene rings is 2. The fourth-order valence-corrected chi connectivity index (χ4v) is 3.74. The zero-order valence-electron chi connectivity index (χ0n) is 18.3. The molecule has 1 aliphatic rings. The molecule has 2 heterocycles. The van der Waals surface area contributed by atoms with Gasteiger partial charge in [0.05, 0.1) is 37.1 Å². The molecule has 1 aliphatic heterocycles. The van der Waals surface area contributed by atoms with Gasteiger partial charge in [-0.1, -0.05) is 0 Å². The molecule has 0 aliphatic carbocycles. The summed E-state index contributed by atoms with van der Waals surface area (Å²) in [5, 5.41) is 0. The van der Waals surface area contributed by atoms with Gasteiger partial charge in [0, 0.05) is 5.56 Å². The van der Waals surface area contributed by atoms with Gasteiger partial charge in [-0.25, -0.2) is 14.1 Å². The fourth-order valence-electron chi connectivity index (χ4n) is 3.74. The monoisotopic (exact) mass is 464 g/mol. The second-order valence-electron chi connectivity index (χ2n) is 7.57. The van der Waals surface area contributed by atoms with E-state index in [1.807, 2.05) is 0 Å². The molecule has 1 saturated heterocycles. The number of ether oxygens (including phenoxy) is 1. The van der Waals surface area contributed by atoms with Crippen LogP contribution in [0.25, 0.3) is 0 Å². The van der Waals surface area contributed by atoms with E-state index in [4.69, 9.17) is 9.15 Å². The summed E-state index contributed by atoms with van der Waals surface area (Å²) in [5.41, 5.74) is 0.732. The third-order valence-electron chi connectivity index (χ3n) is 5.39. The number of rotatable bonds is 7. The second-order valence-corrected chi connectivity index (χ2v) is 7.57. The molecule has 1 aromatic heterocycles. The molecule has 174 valence electrons. The fraction of sp³-hybridized carbons (Fsp3) is 0.200. The molecule has 8 nitrogen and oxygen atoms in total. The van der Waals surface area contributed by atoms with Crippen molar-refractivity contribution in [3.63, 3.8) is 0 Å². The quantitative estimate of drug-likeness (QED) is 0.392. The van der Waals surface area contributed by atoms with Crippen LogP contribution in [0.4, 0.5) is 10.1 Å². The molecule has 1 atom stereocenters. The van der Waals surface area contributed by atoms with E-state index in [9.17, 15) is 23.6 Å². The lowest BCUT2D eigenvalue weighted by Crippen LogP contribution is -2.45. The van der Waals surface area contributed by atoms with E-state index in [0.717, 1.165) is 17.0 Å². The number of furan rings is 1. The molecule has 2 aromatic carbocycles. The lowest BCUT2D eigenvalue weighted by atomic mass is 10.1. The van der Waals surface area contributed by atoms with Gasteiger partial charge in [-0.2, -0.15) is 0 Å². The topological polar surface area (TPSA) is 97.1 Å². The molecule has 3 aromatic rings. The summed E-state index contributed by atoms with van der Waals surface area (Å²) in [6.07, 6.45) is 1.21. The summed E-state index contributed by atoms with van der Waals surface area (Å²) in [4.78, 5) is 53.6. The van der Waals surface area contributed by atoms with Crippen molar-refractivity contribution in [1.82, 2.24) is 4.90 Å².